The van der Waals surface area contributed by atoms with Crippen LogP contribution in [0.2, 0.25) is 0 Å². The molecule has 46 heavy (non-hydrogen) atoms. The summed E-state index contributed by atoms with van der Waals surface area (Å²) in [6.07, 6.45) is 8.50. The molecule has 2 saturated carbocycles. The van der Waals surface area contributed by atoms with E-state index in [2.05, 4.69) is 20.6 Å². The molecule has 4 aromatic rings. The van der Waals surface area contributed by atoms with E-state index in [1.165, 1.54) is 6.33 Å². The van der Waals surface area contributed by atoms with Crippen LogP contribution in [0.3, 0.4) is 0 Å². The molecule has 2 aromatic carbocycles. The van der Waals surface area contributed by atoms with Crippen LogP contribution < -0.4 is 11.0 Å². The molecule has 3 heterocycles. The van der Waals surface area contributed by atoms with Gasteiger partial charge in [0.1, 0.15) is 12.1 Å². The molecule has 0 spiro atoms. The Morgan fingerprint density at radius 1 is 1.09 bits per heavy atom. The quantitative estimate of drug-likeness (QED) is 0.259. The molecule has 0 radical (unpaired) electrons. The van der Waals surface area contributed by atoms with E-state index in [-0.39, 0.29) is 42.0 Å². The van der Waals surface area contributed by atoms with E-state index >= 15 is 4.39 Å². The number of carbonyl (C=O) groups is 1. The molecule has 1 amide bonds. The zero-order chi connectivity index (χ0) is 31.8. The molecular weight excluding hydrogens is 587 g/mol. The Labute approximate surface area is 266 Å². The van der Waals surface area contributed by atoms with E-state index in [9.17, 15) is 14.7 Å². The molecule has 7 rings (SSSR count). The number of ether oxygens (including phenoxy) is 1. The van der Waals surface area contributed by atoms with Gasteiger partial charge < -0.3 is 9.84 Å². The number of fused-ring (bicyclic) bond motifs is 1. The van der Waals surface area contributed by atoms with Crippen LogP contribution in [0.15, 0.2) is 58.7 Å². The molecule has 11 heteroatoms. The molecule has 2 aromatic heterocycles. The second-order valence-corrected chi connectivity index (χ2v) is 12.9. The number of rotatable bonds is 10. The van der Waals surface area contributed by atoms with Crippen LogP contribution in [0, 0.1) is 5.82 Å². The number of aliphatic hydroxyl groups is 1. The minimum atomic E-state index is -0.684. The van der Waals surface area contributed by atoms with E-state index in [1.54, 1.807) is 15.1 Å². The lowest BCUT2D eigenvalue weighted by atomic mass is 9.81. The Morgan fingerprint density at radius 3 is 2.54 bits per heavy atom. The fourth-order valence-corrected chi connectivity index (χ4v) is 7.14. The van der Waals surface area contributed by atoms with Gasteiger partial charge in [-0.15, -0.1) is 0 Å². The fourth-order valence-electron chi connectivity index (χ4n) is 7.14. The SMILES string of the molecule is CCCc1c(Cc2ccc(-c3ccccc3)c(C3=NNC(=O)C3)c2F)c(=O)n(C2CCC(OCC3(O)CCC3)CC2)c2ncnn12. The maximum atomic E-state index is 16.7. The second-order valence-electron chi connectivity index (χ2n) is 12.9. The summed E-state index contributed by atoms with van der Waals surface area (Å²) in [6.45, 7) is 2.40. The van der Waals surface area contributed by atoms with E-state index in [4.69, 9.17) is 4.74 Å². The first-order valence-electron chi connectivity index (χ1n) is 16.4. The topological polar surface area (TPSA) is 123 Å². The van der Waals surface area contributed by atoms with Crippen molar-refractivity contribution in [3.63, 3.8) is 0 Å². The Morgan fingerprint density at radius 2 is 1.87 bits per heavy atom. The van der Waals surface area contributed by atoms with Gasteiger partial charge in [-0.3, -0.25) is 14.2 Å². The predicted octanol–water partition coefficient (Wildman–Crippen LogP) is 4.88. The summed E-state index contributed by atoms with van der Waals surface area (Å²) in [4.78, 5) is 31.1. The standard InChI is InChI=1S/C35H39FN6O4/c1-2-7-29-27(18-23-10-15-26(22-8-4-3-5-9-22)31(32(23)36)28-19-30(43)40-39-28)33(44)41(34-37-21-38-42(29)34)24-11-13-25(14-12-24)46-20-35(45)16-6-17-35/h3-5,8-10,15,21,24-25,45H,2,6-7,11-14,16-20H2,1H3,(H,40,43). The highest BCUT2D eigenvalue weighted by atomic mass is 19.1. The van der Waals surface area contributed by atoms with Gasteiger partial charge >= 0.3 is 0 Å². The van der Waals surface area contributed by atoms with E-state index < -0.39 is 11.4 Å². The number of hydrogen-bond acceptors (Lipinski definition) is 7. The van der Waals surface area contributed by atoms with Crippen LogP contribution in [0.25, 0.3) is 16.9 Å². The smallest absolute Gasteiger partial charge is 0.259 e. The van der Waals surface area contributed by atoms with Crippen molar-refractivity contribution >= 4 is 17.4 Å². The molecular formula is C35H39FN6O4. The van der Waals surface area contributed by atoms with Gasteiger partial charge in [-0.1, -0.05) is 55.8 Å². The molecule has 10 nitrogen and oxygen atoms in total. The number of nitrogens with zero attached hydrogens (tertiary/aromatic N) is 5. The van der Waals surface area contributed by atoms with Crippen LogP contribution in [0.5, 0.6) is 0 Å². The summed E-state index contributed by atoms with van der Waals surface area (Å²) in [5.74, 6) is -0.284. The number of aryl methyl sites for hydroxylation is 1. The molecule has 0 saturated heterocycles. The number of hydrogen-bond donors (Lipinski definition) is 2. The molecule has 0 bridgehead atoms. The van der Waals surface area contributed by atoms with Gasteiger partial charge in [0.2, 0.25) is 11.7 Å². The third kappa shape index (κ3) is 5.66. The number of hydrazone groups is 1. The first kappa shape index (κ1) is 30.4. The lowest BCUT2D eigenvalue weighted by molar-refractivity contribution is -0.120. The second kappa shape index (κ2) is 12.5. The van der Waals surface area contributed by atoms with Crippen LogP contribution >= 0.6 is 0 Å². The summed E-state index contributed by atoms with van der Waals surface area (Å²) in [7, 11) is 0. The van der Waals surface area contributed by atoms with Crippen LogP contribution in [0.4, 0.5) is 4.39 Å². The Hall–Kier alpha value is -4.22. The van der Waals surface area contributed by atoms with Crippen molar-refractivity contribution in [1.29, 1.82) is 0 Å². The third-order valence-corrected chi connectivity index (χ3v) is 9.80. The van der Waals surface area contributed by atoms with Gasteiger partial charge in [0.05, 0.1) is 36.1 Å². The summed E-state index contributed by atoms with van der Waals surface area (Å²) < 4.78 is 26.3. The summed E-state index contributed by atoms with van der Waals surface area (Å²) in [5.41, 5.74) is 5.21. The average molecular weight is 627 g/mol. The molecule has 0 atom stereocenters. The average Bonchev–Trinajstić information content (AvgIpc) is 3.71. The molecule has 3 aliphatic rings. The number of halogens is 1. The Balaban J connectivity index is 1.25. The van der Waals surface area contributed by atoms with Gasteiger partial charge in [-0.2, -0.15) is 15.2 Å². The van der Waals surface area contributed by atoms with Crippen molar-refractivity contribution in [3.05, 3.63) is 87.3 Å². The zero-order valence-corrected chi connectivity index (χ0v) is 26.0. The minimum absolute atomic E-state index is 0.0231. The van der Waals surface area contributed by atoms with Gasteiger partial charge in [-0.25, -0.2) is 14.3 Å². The van der Waals surface area contributed by atoms with Crippen molar-refractivity contribution in [2.75, 3.05) is 6.61 Å². The van der Waals surface area contributed by atoms with Crippen LogP contribution in [0.1, 0.15) is 93.1 Å². The lowest BCUT2D eigenvalue weighted by Gasteiger charge is -2.38. The summed E-state index contributed by atoms with van der Waals surface area (Å²) in [5, 5.41) is 19.2. The van der Waals surface area contributed by atoms with Crippen LogP contribution in [-0.2, 0) is 22.4 Å². The maximum Gasteiger partial charge on any atom is 0.259 e. The highest BCUT2D eigenvalue weighted by Crippen LogP contribution is 2.36. The molecule has 1 aliphatic heterocycles. The van der Waals surface area contributed by atoms with Crippen molar-refractivity contribution < 1.29 is 19.0 Å². The number of aromatic nitrogens is 4. The van der Waals surface area contributed by atoms with Crippen molar-refractivity contribution in [2.24, 2.45) is 5.10 Å². The monoisotopic (exact) mass is 626 g/mol. The predicted molar refractivity (Wildman–Crippen MR) is 171 cm³/mol. The van der Waals surface area contributed by atoms with E-state index in [1.807, 2.05) is 43.3 Å². The number of amides is 1. The molecule has 2 N–H and O–H groups in total. The Bertz CT molecular complexity index is 1850. The zero-order valence-electron chi connectivity index (χ0n) is 26.0. The summed E-state index contributed by atoms with van der Waals surface area (Å²) >= 11 is 0. The normalized spacial score (nSPS) is 20.8. The maximum absolute atomic E-state index is 16.7. The minimum Gasteiger partial charge on any atom is -0.387 e. The van der Waals surface area contributed by atoms with Gasteiger partial charge in [0.15, 0.2) is 0 Å². The van der Waals surface area contributed by atoms with E-state index in [0.29, 0.717) is 41.2 Å². The first-order valence-corrected chi connectivity index (χ1v) is 16.4. The van der Waals surface area contributed by atoms with Gasteiger partial charge in [-0.05, 0) is 68.1 Å². The number of nitrogens with one attached hydrogen (secondary N) is 1. The fraction of sp³-hybridized carbons (Fsp3) is 0.457. The molecule has 240 valence electrons. The lowest BCUT2D eigenvalue weighted by Crippen LogP contribution is -2.43. The number of benzene rings is 2. The molecule has 2 aliphatic carbocycles. The highest BCUT2D eigenvalue weighted by Gasteiger charge is 2.36. The summed E-state index contributed by atoms with van der Waals surface area (Å²) in [6, 6.07) is 12.9. The highest BCUT2D eigenvalue weighted by molar-refractivity contribution is 6.16. The molecule has 2 fully saturated rings. The molecule has 0 unspecified atom stereocenters. The Kier molecular flexibility index (Phi) is 8.29. The first-order chi connectivity index (χ1) is 22.3. The largest absolute Gasteiger partial charge is 0.387 e. The van der Waals surface area contributed by atoms with Gasteiger partial charge in [0.25, 0.3) is 5.56 Å². The van der Waals surface area contributed by atoms with Gasteiger partial charge in [0, 0.05) is 23.6 Å². The van der Waals surface area contributed by atoms with Crippen molar-refractivity contribution in [1.82, 2.24) is 24.6 Å². The van der Waals surface area contributed by atoms with Crippen molar-refractivity contribution in [3.8, 4) is 11.1 Å². The third-order valence-electron chi connectivity index (χ3n) is 9.80. The van der Waals surface area contributed by atoms with E-state index in [0.717, 1.165) is 62.6 Å². The van der Waals surface area contributed by atoms with Crippen molar-refractivity contribution in [2.45, 2.75) is 95.3 Å². The van der Waals surface area contributed by atoms with Crippen LogP contribution in [-0.4, -0.2) is 54.2 Å². The number of carbonyl (C=O) groups excluding carboxylic acids is 1.